The molecule has 158 valence electrons. The molecule has 1 amide bonds. The summed E-state index contributed by atoms with van der Waals surface area (Å²) in [5.74, 6) is -2.22. The smallest absolute Gasteiger partial charge is 0.283 e. The predicted molar refractivity (Wildman–Crippen MR) is 117 cm³/mol. The number of carbonyl (C=O) groups excluding carboxylic acids is 1. The number of halogens is 2. The average molecular weight is 440 g/mol. The van der Waals surface area contributed by atoms with E-state index < -0.39 is 17.5 Å². The third kappa shape index (κ3) is 4.36. The molecule has 0 aliphatic carbocycles. The number of nitrogens with zero attached hydrogens (tertiary/aromatic N) is 2. The molecule has 4 rings (SSSR count). The van der Waals surface area contributed by atoms with Crippen molar-refractivity contribution in [1.82, 2.24) is 14.5 Å². The Bertz CT molecular complexity index is 1350. The molecule has 0 radical (unpaired) electrons. The number of H-pyrrole nitrogens is 1. The molecule has 2 aromatic carbocycles. The van der Waals surface area contributed by atoms with Crippen molar-refractivity contribution in [2.45, 2.75) is 19.0 Å². The van der Waals surface area contributed by atoms with E-state index in [0.29, 0.717) is 27.9 Å². The minimum atomic E-state index is -0.864. The molecule has 6 nitrogen and oxygen atoms in total. The van der Waals surface area contributed by atoms with Crippen LogP contribution in [0.5, 0.6) is 0 Å². The Labute approximate surface area is 180 Å². The van der Waals surface area contributed by atoms with E-state index in [1.165, 1.54) is 4.57 Å². The van der Waals surface area contributed by atoms with Gasteiger partial charge in [0.1, 0.15) is 17.2 Å². The third-order valence-corrected chi connectivity index (χ3v) is 5.52. The van der Waals surface area contributed by atoms with Gasteiger partial charge in [-0.25, -0.2) is 13.8 Å². The molecular formula is C22H18F2N4O2S. The lowest BCUT2D eigenvalue weighted by Gasteiger charge is -2.12. The molecule has 0 fully saturated rings. The molecule has 2 aromatic heterocycles. The quantitative estimate of drug-likeness (QED) is 0.357. The highest BCUT2D eigenvalue weighted by Gasteiger charge is 2.17. The van der Waals surface area contributed by atoms with Crippen molar-refractivity contribution in [3.63, 3.8) is 0 Å². The first-order chi connectivity index (χ1) is 14.8. The van der Waals surface area contributed by atoms with E-state index in [9.17, 15) is 18.4 Å². The number of aromatic nitrogens is 3. The van der Waals surface area contributed by atoms with Gasteiger partial charge in [-0.15, -0.1) is 0 Å². The number of amides is 1. The molecule has 0 aliphatic rings. The van der Waals surface area contributed by atoms with Gasteiger partial charge in [0.15, 0.2) is 5.16 Å². The maximum absolute atomic E-state index is 13.8. The molecule has 0 spiro atoms. The van der Waals surface area contributed by atoms with Crippen molar-refractivity contribution in [1.29, 1.82) is 0 Å². The third-order valence-electron chi connectivity index (χ3n) is 4.59. The summed E-state index contributed by atoms with van der Waals surface area (Å²) in [5, 5.41) is 2.74. The Morgan fingerprint density at radius 2 is 1.87 bits per heavy atom. The molecule has 9 heteroatoms. The van der Waals surface area contributed by atoms with Gasteiger partial charge in [0.2, 0.25) is 5.91 Å². The summed E-state index contributed by atoms with van der Waals surface area (Å²) in [6.07, 6.45) is 0. The molecule has 2 N–H and O–H groups in total. The lowest BCUT2D eigenvalue weighted by Crippen LogP contribution is -2.23. The molecule has 0 unspecified atom stereocenters. The Kier molecular flexibility index (Phi) is 5.60. The first kappa shape index (κ1) is 20.8. The number of thioether (sulfide) groups is 1. The number of anilines is 1. The van der Waals surface area contributed by atoms with Crippen LogP contribution in [0.25, 0.3) is 16.7 Å². The van der Waals surface area contributed by atoms with Crippen molar-refractivity contribution in [2.24, 2.45) is 0 Å². The van der Waals surface area contributed by atoms with Crippen molar-refractivity contribution in [2.75, 3.05) is 11.1 Å². The minimum Gasteiger partial charge on any atom is -0.353 e. The first-order valence-corrected chi connectivity index (χ1v) is 10.4. The summed E-state index contributed by atoms with van der Waals surface area (Å²) in [6, 6.07) is 12.0. The number of aromatic amines is 1. The van der Waals surface area contributed by atoms with E-state index in [0.717, 1.165) is 35.2 Å². The molecule has 0 aliphatic heterocycles. The van der Waals surface area contributed by atoms with Crippen LogP contribution in [0.15, 0.2) is 58.5 Å². The summed E-state index contributed by atoms with van der Waals surface area (Å²) in [4.78, 5) is 33.1. The van der Waals surface area contributed by atoms with Crippen molar-refractivity contribution < 1.29 is 13.6 Å². The molecule has 31 heavy (non-hydrogen) atoms. The van der Waals surface area contributed by atoms with Gasteiger partial charge >= 0.3 is 0 Å². The number of carbonyl (C=O) groups is 1. The highest BCUT2D eigenvalue weighted by Crippen LogP contribution is 2.23. The second-order valence-electron chi connectivity index (χ2n) is 7.04. The van der Waals surface area contributed by atoms with E-state index in [1.54, 1.807) is 18.2 Å². The maximum atomic E-state index is 13.8. The molecule has 4 aromatic rings. The first-order valence-electron chi connectivity index (χ1n) is 9.39. The van der Waals surface area contributed by atoms with E-state index >= 15 is 0 Å². The van der Waals surface area contributed by atoms with Gasteiger partial charge in [0.05, 0.1) is 22.6 Å². The van der Waals surface area contributed by atoms with Gasteiger partial charge in [-0.3, -0.25) is 14.2 Å². The number of rotatable bonds is 5. The second-order valence-corrected chi connectivity index (χ2v) is 7.99. The van der Waals surface area contributed by atoms with E-state index in [2.05, 4.69) is 15.3 Å². The van der Waals surface area contributed by atoms with Crippen LogP contribution in [0.1, 0.15) is 11.3 Å². The lowest BCUT2D eigenvalue weighted by molar-refractivity contribution is -0.113. The molecular weight excluding hydrogens is 422 g/mol. The fraction of sp³-hybridized carbons (Fsp3) is 0.136. The van der Waals surface area contributed by atoms with Crippen LogP contribution in [-0.2, 0) is 4.79 Å². The maximum Gasteiger partial charge on any atom is 0.283 e. The van der Waals surface area contributed by atoms with Gasteiger partial charge in [-0.05, 0) is 44.2 Å². The second kappa shape index (κ2) is 8.35. The SMILES string of the molecule is Cc1ccc(-n2c(SCC(=O)Nc3ccc(F)cc3F)nc3cc(C)[nH]c3c2=O)cc1. The Balaban J connectivity index is 1.66. The largest absolute Gasteiger partial charge is 0.353 e. The zero-order valence-electron chi connectivity index (χ0n) is 16.7. The fourth-order valence-corrected chi connectivity index (χ4v) is 3.92. The summed E-state index contributed by atoms with van der Waals surface area (Å²) in [6.45, 7) is 3.77. The Morgan fingerprint density at radius 3 is 2.58 bits per heavy atom. The van der Waals surface area contributed by atoms with Crippen molar-refractivity contribution >= 4 is 34.4 Å². The van der Waals surface area contributed by atoms with Crippen LogP contribution in [-0.4, -0.2) is 26.2 Å². The highest BCUT2D eigenvalue weighted by molar-refractivity contribution is 7.99. The summed E-state index contributed by atoms with van der Waals surface area (Å²) >= 11 is 1.05. The number of aryl methyl sites for hydroxylation is 2. The Morgan fingerprint density at radius 1 is 1.13 bits per heavy atom. The fourth-order valence-electron chi connectivity index (χ4n) is 3.10. The van der Waals surface area contributed by atoms with Crippen LogP contribution >= 0.6 is 11.8 Å². The number of fused-ring (bicyclic) bond motifs is 1. The van der Waals surface area contributed by atoms with E-state index in [1.807, 2.05) is 26.0 Å². The van der Waals surface area contributed by atoms with Gasteiger partial charge in [-0.2, -0.15) is 0 Å². The number of nitrogens with one attached hydrogen (secondary N) is 2. The van der Waals surface area contributed by atoms with Gasteiger partial charge in [-0.1, -0.05) is 29.5 Å². The van der Waals surface area contributed by atoms with Crippen molar-refractivity contribution in [3.8, 4) is 5.69 Å². The molecule has 0 saturated heterocycles. The molecule has 0 bridgehead atoms. The lowest BCUT2D eigenvalue weighted by atomic mass is 10.2. The van der Waals surface area contributed by atoms with Crippen LogP contribution < -0.4 is 10.9 Å². The zero-order valence-corrected chi connectivity index (χ0v) is 17.5. The highest BCUT2D eigenvalue weighted by atomic mass is 32.2. The topological polar surface area (TPSA) is 79.8 Å². The van der Waals surface area contributed by atoms with Gasteiger partial charge in [0.25, 0.3) is 5.56 Å². The van der Waals surface area contributed by atoms with Crippen LogP contribution in [0.4, 0.5) is 14.5 Å². The van der Waals surface area contributed by atoms with Crippen LogP contribution in [0, 0.1) is 25.5 Å². The monoisotopic (exact) mass is 440 g/mol. The van der Waals surface area contributed by atoms with E-state index in [-0.39, 0.29) is 17.0 Å². The molecule has 0 atom stereocenters. The van der Waals surface area contributed by atoms with Crippen molar-refractivity contribution in [3.05, 3.63) is 81.8 Å². The summed E-state index contributed by atoms with van der Waals surface area (Å²) < 4.78 is 28.3. The number of benzene rings is 2. The number of hydrogen-bond acceptors (Lipinski definition) is 4. The standard InChI is InChI=1S/C22H18F2N4O2S/c1-12-3-6-15(7-4-12)28-21(30)20-18(9-13(2)25-20)27-22(28)31-11-19(29)26-17-8-5-14(23)10-16(17)24/h3-10,25H,11H2,1-2H3,(H,26,29). The van der Waals surface area contributed by atoms with Gasteiger partial charge in [0, 0.05) is 11.8 Å². The average Bonchev–Trinajstić information content (AvgIpc) is 3.10. The minimum absolute atomic E-state index is 0.118. The van der Waals surface area contributed by atoms with Crippen LogP contribution in [0.2, 0.25) is 0 Å². The normalized spacial score (nSPS) is 11.1. The Hall–Kier alpha value is -3.46. The van der Waals surface area contributed by atoms with E-state index in [4.69, 9.17) is 0 Å². The molecule has 0 saturated carbocycles. The summed E-state index contributed by atoms with van der Waals surface area (Å²) in [5.41, 5.74) is 2.92. The van der Waals surface area contributed by atoms with Crippen LogP contribution in [0.3, 0.4) is 0 Å². The zero-order chi connectivity index (χ0) is 22.1. The van der Waals surface area contributed by atoms with Gasteiger partial charge < -0.3 is 10.3 Å². The number of hydrogen-bond donors (Lipinski definition) is 2. The summed E-state index contributed by atoms with van der Waals surface area (Å²) in [7, 11) is 0. The predicted octanol–water partition coefficient (Wildman–Crippen LogP) is 4.34. The molecule has 2 heterocycles.